The third kappa shape index (κ3) is 2.65. The third-order valence-electron chi connectivity index (χ3n) is 2.98. The maximum Gasteiger partial charge on any atom is 0.259 e. The van der Waals surface area contributed by atoms with Crippen molar-refractivity contribution < 1.29 is 9.52 Å². The predicted octanol–water partition coefficient (Wildman–Crippen LogP) is 2.54. The van der Waals surface area contributed by atoms with Gasteiger partial charge in [0.2, 0.25) is 11.5 Å². The van der Waals surface area contributed by atoms with Crippen LogP contribution in [0.1, 0.15) is 21.5 Å². The van der Waals surface area contributed by atoms with Crippen molar-refractivity contribution in [2.75, 3.05) is 14.1 Å². The second-order valence-electron chi connectivity index (χ2n) is 4.90. The molecule has 0 radical (unpaired) electrons. The van der Waals surface area contributed by atoms with Gasteiger partial charge in [0.15, 0.2) is 0 Å². The Morgan fingerprint density at radius 1 is 1.14 bits per heavy atom. The monoisotopic (exact) mass is 321 g/mol. The molecule has 0 aliphatic rings. The van der Waals surface area contributed by atoms with Crippen LogP contribution in [0.15, 0.2) is 39.4 Å². The molecule has 0 atom stereocenters. The average Bonchev–Trinajstić information content (AvgIpc) is 3.19. The Hall–Kier alpha value is -1.54. The zero-order chi connectivity index (χ0) is 14.9. The smallest absolute Gasteiger partial charge is 0.259 e. The Morgan fingerprint density at radius 2 is 1.76 bits per heavy atom. The number of rotatable bonds is 5. The Labute approximate surface area is 130 Å². The first-order valence-corrected chi connectivity index (χ1v) is 8.14. The quantitative estimate of drug-likeness (QED) is 0.782. The van der Waals surface area contributed by atoms with E-state index in [-0.39, 0.29) is 5.89 Å². The fourth-order valence-corrected chi connectivity index (χ4v) is 3.76. The van der Waals surface area contributed by atoms with Gasteiger partial charge in [0.1, 0.15) is 0 Å². The van der Waals surface area contributed by atoms with E-state index >= 15 is 0 Å². The molecule has 110 valence electrons. The van der Waals surface area contributed by atoms with Crippen LogP contribution in [0.4, 0.5) is 0 Å². The molecular formula is C14H15N3O2S2. The van der Waals surface area contributed by atoms with Crippen molar-refractivity contribution in [1.82, 2.24) is 15.1 Å². The summed E-state index contributed by atoms with van der Waals surface area (Å²) in [5, 5.41) is 23.2. The van der Waals surface area contributed by atoms with Gasteiger partial charge < -0.3 is 14.4 Å². The van der Waals surface area contributed by atoms with E-state index in [9.17, 15) is 5.11 Å². The Balaban J connectivity index is 2.06. The highest BCUT2D eigenvalue weighted by Gasteiger charge is 2.41. The molecule has 0 aromatic carbocycles. The summed E-state index contributed by atoms with van der Waals surface area (Å²) in [6, 6.07) is 7.55. The number of hydrogen-bond donors (Lipinski definition) is 1. The third-order valence-corrected chi connectivity index (χ3v) is 4.94. The van der Waals surface area contributed by atoms with E-state index in [1.165, 1.54) is 22.7 Å². The molecule has 0 unspecified atom stereocenters. The van der Waals surface area contributed by atoms with Crippen LogP contribution >= 0.6 is 22.7 Å². The molecule has 0 saturated carbocycles. The van der Waals surface area contributed by atoms with Crippen LogP contribution in [0.5, 0.6) is 0 Å². The van der Waals surface area contributed by atoms with E-state index in [0.29, 0.717) is 12.4 Å². The molecule has 0 aliphatic heterocycles. The second-order valence-corrected chi connectivity index (χ2v) is 6.80. The standard InChI is InChI=1S/C14H15N3O2S2/c1-17(2)9-12-15-16-13(19-12)14(18,10-5-3-7-20-10)11-6-4-8-21-11/h3-8,18H,9H2,1-2H3. The summed E-state index contributed by atoms with van der Waals surface area (Å²) < 4.78 is 5.71. The van der Waals surface area contributed by atoms with Gasteiger partial charge in [-0.1, -0.05) is 12.1 Å². The molecular weight excluding hydrogens is 306 g/mol. The number of nitrogens with zero attached hydrogens (tertiary/aromatic N) is 3. The van der Waals surface area contributed by atoms with Gasteiger partial charge in [-0.25, -0.2) is 0 Å². The number of aliphatic hydroxyl groups is 1. The van der Waals surface area contributed by atoms with Crippen LogP contribution in [0.3, 0.4) is 0 Å². The lowest BCUT2D eigenvalue weighted by Gasteiger charge is -2.21. The van der Waals surface area contributed by atoms with Crippen molar-refractivity contribution in [3.05, 3.63) is 56.6 Å². The first-order valence-electron chi connectivity index (χ1n) is 6.38. The maximum atomic E-state index is 11.3. The van der Waals surface area contributed by atoms with Gasteiger partial charge >= 0.3 is 0 Å². The minimum Gasteiger partial charge on any atom is -0.420 e. The first-order chi connectivity index (χ1) is 10.1. The normalized spacial score (nSPS) is 12.2. The van der Waals surface area contributed by atoms with Crippen molar-refractivity contribution in [2.45, 2.75) is 12.1 Å². The molecule has 3 aromatic rings. The lowest BCUT2D eigenvalue weighted by Crippen LogP contribution is -2.27. The highest BCUT2D eigenvalue weighted by Crippen LogP contribution is 2.40. The molecule has 3 rings (SSSR count). The minimum absolute atomic E-state index is 0.212. The molecule has 0 spiro atoms. The van der Waals surface area contributed by atoms with Gasteiger partial charge in [-0.2, -0.15) is 0 Å². The number of thiophene rings is 2. The molecule has 0 fully saturated rings. The molecule has 21 heavy (non-hydrogen) atoms. The highest BCUT2D eigenvalue weighted by atomic mass is 32.1. The molecule has 3 heterocycles. The summed E-state index contributed by atoms with van der Waals surface area (Å²) >= 11 is 2.93. The summed E-state index contributed by atoms with van der Waals surface area (Å²) in [4.78, 5) is 3.47. The molecule has 3 aromatic heterocycles. The van der Waals surface area contributed by atoms with Crippen molar-refractivity contribution in [2.24, 2.45) is 0 Å². The highest BCUT2D eigenvalue weighted by molar-refractivity contribution is 7.11. The Morgan fingerprint density at radius 3 is 2.24 bits per heavy atom. The van der Waals surface area contributed by atoms with E-state index in [0.717, 1.165) is 9.75 Å². The fourth-order valence-electron chi connectivity index (χ4n) is 2.04. The fraction of sp³-hybridized carbons (Fsp3) is 0.286. The first kappa shape index (κ1) is 14.4. The van der Waals surface area contributed by atoms with E-state index in [2.05, 4.69) is 10.2 Å². The molecule has 7 heteroatoms. The largest absolute Gasteiger partial charge is 0.420 e. The van der Waals surface area contributed by atoms with Crippen LogP contribution in [-0.4, -0.2) is 34.3 Å². The van der Waals surface area contributed by atoms with E-state index in [1.807, 2.05) is 54.0 Å². The van der Waals surface area contributed by atoms with E-state index in [4.69, 9.17) is 4.42 Å². The van der Waals surface area contributed by atoms with Crippen LogP contribution < -0.4 is 0 Å². The Kier molecular flexibility index (Phi) is 3.90. The van der Waals surface area contributed by atoms with Gasteiger partial charge in [-0.3, -0.25) is 0 Å². The summed E-state index contributed by atoms with van der Waals surface area (Å²) in [7, 11) is 3.85. The van der Waals surface area contributed by atoms with Gasteiger partial charge in [0.05, 0.1) is 16.3 Å². The molecule has 0 aliphatic carbocycles. The van der Waals surface area contributed by atoms with Crippen molar-refractivity contribution in [1.29, 1.82) is 0 Å². The summed E-state index contributed by atoms with van der Waals surface area (Å²) in [6.07, 6.45) is 0. The lowest BCUT2D eigenvalue weighted by atomic mass is 10.00. The van der Waals surface area contributed by atoms with Crippen LogP contribution in [0.25, 0.3) is 0 Å². The topological polar surface area (TPSA) is 62.4 Å². The molecule has 0 saturated heterocycles. The lowest BCUT2D eigenvalue weighted by molar-refractivity contribution is 0.0975. The number of aromatic nitrogens is 2. The summed E-state index contributed by atoms with van der Waals surface area (Å²) in [5.41, 5.74) is -1.38. The van der Waals surface area contributed by atoms with Gasteiger partial charge in [0.25, 0.3) is 5.89 Å². The number of hydrogen-bond acceptors (Lipinski definition) is 7. The van der Waals surface area contributed by atoms with Crippen LogP contribution in [0.2, 0.25) is 0 Å². The van der Waals surface area contributed by atoms with Gasteiger partial charge in [-0.15, -0.1) is 32.9 Å². The second kappa shape index (κ2) is 5.69. The molecule has 0 amide bonds. The molecule has 1 N–H and O–H groups in total. The van der Waals surface area contributed by atoms with E-state index in [1.54, 1.807) is 0 Å². The summed E-state index contributed by atoms with van der Waals surface area (Å²) in [5.74, 6) is 0.700. The Bertz CT molecular complexity index is 655. The SMILES string of the molecule is CN(C)Cc1nnc(C(O)(c2cccs2)c2cccs2)o1. The molecule has 0 bridgehead atoms. The summed E-state index contributed by atoms with van der Waals surface area (Å²) in [6.45, 7) is 0.540. The van der Waals surface area contributed by atoms with Gasteiger partial charge in [0, 0.05) is 0 Å². The zero-order valence-electron chi connectivity index (χ0n) is 11.7. The van der Waals surface area contributed by atoms with Crippen LogP contribution in [0, 0.1) is 0 Å². The van der Waals surface area contributed by atoms with Crippen LogP contribution in [-0.2, 0) is 12.1 Å². The van der Waals surface area contributed by atoms with Gasteiger partial charge in [-0.05, 0) is 37.0 Å². The minimum atomic E-state index is -1.38. The average molecular weight is 321 g/mol. The van der Waals surface area contributed by atoms with Crippen molar-refractivity contribution in [3.8, 4) is 0 Å². The van der Waals surface area contributed by atoms with Crippen molar-refractivity contribution >= 4 is 22.7 Å². The van der Waals surface area contributed by atoms with E-state index < -0.39 is 5.60 Å². The van der Waals surface area contributed by atoms with Crippen molar-refractivity contribution in [3.63, 3.8) is 0 Å². The predicted molar refractivity (Wildman–Crippen MR) is 82.4 cm³/mol. The maximum absolute atomic E-state index is 11.3. The molecule has 5 nitrogen and oxygen atoms in total. The zero-order valence-corrected chi connectivity index (χ0v) is 13.3.